The van der Waals surface area contributed by atoms with Gasteiger partial charge >= 0.3 is 0 Å². The van der Waals surface area contributed by atoms with E-state index in [-0.39, 0.29) is 5.91 Å². The Bertz CT molecular complexity index is 576. The monoisotopic (exact) mass is 344 g/mol. The van der Waals surface area contributed by atoms with Crippen LogP contribution in [0.15, 0.2) is 29.4 Å². The van der Waals surface area contributed by atoms with Crippen LogP contribution in [0.25, 0.3) is 0 Å². The van der Waals surface area contributed by atoms with E-state index >= 15 is 0 Å². The SMILES string of the molecule is NC(=NCCC(=O)N1CCN(c2ccccn2)CC1)N1CCCCC1. The summed E-state index contributed by atoms with van der Waals surface area (Å²) in [6.45, 7) is 5.56. The van der Waals surface area contributed by atoms with Crippen molar-refractivity contribution in [2.24, 2.45) is 10.7 Å². The van der Waals surface area contributed by atoms with Gasteiger partial charge in [0.1, 0.15) is 5.82 Å². The van der Waals surface area contributed by atoms with Gasteiger partial charge in [-0.25, -0.2) is 4.98 Å². The van der Waals surface area contributed by atoms with E-state index in [2.05, 4.69) is 19.8 Å². The summed E-state index contributed by atoms with van der Waals surface area (Å²) in [6, 6.07) is 5.92. The van der Waals surface area contributed by atoms with Crippen LogP contribution >= 0.6 is 0 Å². The Morgan fingerprint density at radius 3 is 2.48 bits per heavy atom. The molecule has 7 nitrogen and oxygen atoms in total. The predicted octanol–water partition coefficient (Wildman–Crippen LogP) is 0.921. The standard InChI is InChI=1S/C18H28N6O/c19-18(24-10-4-1-5-11-24)21-9-7-17(25)23-14-12-22(13-15-23)16-6-2-3-8-20-16/h2-3,6,8H,1,4-5,7,9-15H2,(H2,19,21). The number of rotatable bonds is 4. The van der Waals surface area contributed by atoms with Crippen molar-refractivity contribution in [2.45, 2.75) is 25.7 Å². The quantitative estimate of drug-likeness (QED) is 0.649. The maximum absolute atomic E-state index is 12.4. The van der Waals surface area contributed by atoms with Gasteiger partial charge in [-0.15, -0.1) is 0 Å². The molecule has 1 aromatic rings. The van der Waals surface area contributed by atoms with Crippen LogP contribution < -0.4 is 10.6 Å². The second-order valence-electron chi connectivity index (χ2n) is 6.59. The number of guanidine groups is 1. The van der Waals surface area contributed by atoms with E-state index in [0.717, 1.165) is 45.1 Å². The zero-order valence-electron chi connectivity index (χ0n) is 14.8. The number of likely N-dealkylation sites (tertiary alicyclic amines) is 1. The average Bonchev–Trinajstić information content (AvgIpc) is 2.69. The number of nitrogens with two attached hydrogens (primary N) is 1. The topological polar surface area (TPSA) is 78.1 Å². The van der Waals surface area contributed by atoms with Gasteiger partial charge in [-0.2, -0.15) is 0 Å². The highest BCUT2D eigenvalue weighted by Gasteiger charge is 2.21. The van der Waals surface area contributed by atoms with Crippen molar-refractivity contribution >= 4 is 17.7 Å². The third-order valence-corrected chi connectivity index (χ3v) is 4.89. The Labute approximate surface area is 149 Å². The van der Waals surface area contributed by atoms with Crippen molar-refractivity contribution < 1.29 is 4.79 Å². The molecule has 25 heavy (non-hydrogen) atoms. The van der Waals surface area contributed by atoms with E-state index in [4.69, 9.17) is 5.73 Å². The Morgan fingerprint density at radius 1 is 1.04 bits per heavy atom. The predicted molar refractivity (Wildman–Crippen MR) is 99.6 cm³/mol. The van der Waals surface area contributed by atoms with Gasteiger partial charge in [0.15, 0.2) is 5.96 Å². The molecule has 2 saturated heterocycles. The minimum Gasteiger partial charge on any atom is -0.370 e. The number of aromatic nitrogens is 1. The third kappa shape index (κ3) is 4.84. The van der Waals surface area contributed by atoms with Crippen LogP contribution in [-0.2, 0) is 4.79 Å². The first-order valence-electron chi connectivity index (χ1n) is 9.22. The molecule has 2 aliphatic heterocycles. The van der Waals surface area contributed by atoms with Crippen LogP contribution in [0.5, 0.6) is 0 Å². The maximum atomic E-state index is 12.4. The van der Waals surface area contributed by atoms with E-state index in [1.165, 1.54) is 19.3 Å². The molecule has 3 rings (SSSR count). The van der Waals surface area contributed by atoms with Crippen LogP contribution in [0.3, 0.4) is 0 Å². The molecular weight excluding hydrogens is 316 g/mol. The number of carbonyl (C=O) groups excluding carboxylic acids is 1. The molecule has 0 aromatic carbocycles. The number of amides is 1. The van der Waals surface area contributed by atoms with Crippen LogP contribution in [-0.4, -0.2) is 72.5 Å². The van der Waals surface area contributed by atoms with Crippen LogP contribution in [0.4, 0.5) is 5.82 Å². The lowest BCUT2D eigenvalue weighted by Crippen LogP contribution is -2.49. The molecule has 2 aliphatic rings. The summed E-state index contributed by atoms with van der Waals surface area (Å²) in [6.07, 6.45) is 5.86. The third-order valence-electron chi connectivity index (χ3n) is 4.89. The summed E-state index contributed by atoms with van der Waals surface area (Å²) in [5.74, 6) is 1.73. The second-order valence-corrected chi connectivity index (χ2v) is 6.59. The summed E-state index contributed by atoms with van der Waals surface area (Å²) >= 11 is 0. The molecule has 0 unspecified atom stereocenters. The first-order chi connectivity index (χ1) is 12.2. The lowest BCUT2D eigenvalue weighted by Gasteiger charge is -2.35. The van der Waals surface area contributed by atoms with Crippen molar-refractivity contribution in [1.82, 2.24) is 14.8 Å². The number of nitrogens with zero attached hydrogens (tertiary/aromatic N) is 5. The Balaban J connectivity index is 1.40. The highest BCUT2D eigenvalue weighted by Crippen LogP contribution is 2.13. The molecule has 0 saturated carbocycles. The largest absolute Gasteiger partial charge is 0.370 e. The molecule has 1 amide bonds. The molecule has 2 fully saturated rings. The molecule has 136 valence electrons. The van der Waals surface area contributed by atoms with Crippen LogP contribution in [0, 0.1) is 0 Å². The van der Waals surface area contributed by atoms with E-state index < -0.39 is 0 Å². The van der Waals surface area contributed by atoms with Gasteiger partial charge in [-0.1, -0.05) is 6.07 Å². The van der Waals surface area contributed by atoms with Crippen molar-refractivity contribution in [3.8, 4) is 0 Å². The first-order valence-corrected chi connectivity index (χ1v) is 9.22. The number of carbonyl (C=O) groups is 1. The average molecular weight is 344 g/mol. The normalized spacial score (nSPS) is 19.2. The smallest absolute Gasteiger partial charge is 0.224 e. The van der Waals surface area contributed by atoms with Gasteiger partial charge in [-0.3, -0.25) is 9.79 Å². The fourth-order valence-electron chi connectivity index (χ4n) is 3.37. The van der Waals surface area contributed by atoms with Crippen molar-refractivity contribution in [2.75, 3.05) is 50.7 Å². The summed E-state index contributed by atoms with van der Waals surface area (Å²) < 4.78 is 0. The Morgan fingerprint density at radius 2 is 1.80 bits per heavy atom. The number of piperazine rings is 1. The number of pyridine rings is 1. The Hall–Kier alpha value is -2.31. The van der Waals surface area contributed by atoms with Crippen LogP contribution in [0.2, 0.25) is 0 Å². The van der Waals surface area contributed by atoms with Crippen molar-refractivity contribution in [3.05, 3.63) is 24.4 Å². The summed E-state index contributed by atoms with van der Waals surface area (Å²) in [5.41, 5.74) is 6.03. The minimum atomic E-state index is 0.163. The summed E-state index contributed by atoms with van der Waals surface area (Å²) in [5, 5.41) is 0. The van der Waals surface area contributed by atoms with E-state index in [1.807, 2.05) is 23.1 Å². The zero-order chi connectivity index (χ0) is 17.5. The molecule has 7 heteroatoms. The number of hydrogen-bond donors (Lipinski definition) is 1. The summed E-state index contributed by atoms with van der Waals surface area (Å²) in [7, 11) is 0. The molecule has 2 N–H and O–H groups in total. The van der Waals surface area contributed by atoms with Gasteiger partial charge in [0, 0.05) is 51.9 Å². The number of aliphatic imine (C=N–C) groups is 1. The van der Waals surface area contributed by atoms with Crippen LogP contribution in [0.1, 0.15) is 25.7 Å². The minimum absolute atomic E-state index is 0.163. The van der Waals surface area contributed by atoms with Gasteiger partial charge < -0.3 is 20.4 Å². The number of anilines is 1. The lowest BCUT2D eigenvalue weighted by molar-refractivity contribution is -0.131. The lowest BCUT2D eigenvalue weighted by atomic mass is 10.1. The molecule has 0 radical (unpaired) electrons. The fraction of sp³-hybridized carbons (Fsp3) is 0.611. The second kappa shape index (κ2) is 8.69. The van der Waals surface area contributed by atoms with Gasteiger partial charge in [0.05, 0.1) is 6.54 Å². The molecule has 3 heterocycles. The van der Waals surface area contributed by atoms with Crippen molar-refractivity contribution in [1.29, 1.82) is 0 Å². The summed E-state index contributed by atoms with van der Waals surface area (Å²) in [4.78, 5) is 27.4. The van der Waals surface area contributed by atoms with E-state index in [0.29, 0.717) is 18.9 Å². The van der Waals surface area contributed by atoms with E-state index in [1.54, 1.807) is 6.20 Å². The molecule has 1 aromatic heterocycles. The first kappa shape index (κ1) is 17.5. The van der Waals surface area contributed by atoms with Crippen molar-refractivity contribution in [3.63, 3.8) is 0 Å². The van der Waals surface area contributed by atoms with Gasteiger partial charge in [-0.05, 0) is 31.4 Å². The molecular formula is C18H28N6O. The molecule has 0 aliphatic carbocycles. The number of piperidine rings is 1. The molecule has 0 spiro atoms. The highest BCUT2D eigenvalue weighted by atomic mass is 16.2. The van der Waals surface area contributed by atoms with E-state index in [9.17, 15) is 4.79 Å². The molecule has 0 atom stereocenters. The highest BCUT2D eigenvalue weighted by molar-refractivity contribution is 5.79. The maximum Gasteiger partial charge on any atom is 0.224 e. The van der Waals surface area contributed by atoms with Gasteiger partial charge in [0.25, 0.3) is 0 Å². The molecule has 0 bridgehead atoms. The zero-order valence-corrected chi connectivity index (χ0v) is 14.8. The number of hydrogen-bond acceptors (Lipinski definition) is 4. The Kier molecular flexibility index (Phi) is 6.09. The van der Waals surface area contributed by atoms with Gasteiger partial charge in [0.2, 0.25) is 5.91 Å². The fourth-order valence-corrected chi connectivity index (χ4v) is 3.37.